The smallest absolute Gasteiger partial charge is 0.230 e. The van der Waals surface area contributed by atoms with Crippen molar-refractivity contribution in [3.63, 3.8) is 0 Å². The molecule has 1 N–H and O–H groups in total. The first kappa shape index (κ1) is 29.3. The number of hydrogen-bond acceptors (Lipinski definition) is 4. The number of hydrogen-bond donors (Lipinski definition) is 1. The molecular formula is C39H29N2O2Pt-. The Labute approximate surface area is 271 Å². The summed E-state index contributed by atoms with van der Waals surface area (Å²) >= 11 is 0. The van der Waals surface area contributed by atoms with E-state index in [2.05, 4.69) is 56.3 Å². The molecule has 7 rings (SSSR count). The minimum absolute atomic E-state index is 0. The molecule has 5 aromatic carbocycles. The predicted molar refractivity (Wildman–Crippen MR) is 173 cm³/mol. The van der Waals surface area contributed by atoms with Crippen LogP contribution in [0.25, 0.3) is 56.1 Å². The number of pyridine rings is 1. The zero-order chi connectivity index (χ0) is 29.4. The SMILES string of the molecule is CC(C)(c1ccccc1)c1ccc(-c2[c-]c(-c3cccc4oc(-c5cc(-c6ccccc6)ccc5O)nc34)ccc2)nc1.[Pt]. The van der Waals surface area contributed by atoms with Crippen LogP contribution in [0, 0.1) is 6.07 Å². The first-order chi connectivity index (χ1) is 21.0. The van der Waals surface area contributed by atoms with Gasteiger partial charge in [0.05, 0.1) is 11.1 Å². The maximum absolute atomic E-state index is 10.7. The summed E-state index contributed by atoms with van der Waals surface area (Å²) in [6.45, 7) is 4.44. The molecule has 5 heteroatoms. The molecule has 0 aliphatic carbocycles. The van der Waals surface area contributed by atoms with Crippen LogP contribution in [0.3, 0.4) is 0 Å². The third-order valence-corrected chi connectivity index (χ3v) is 8.09. The van der Waals surface area contributed by atoms with Crippen molar-refractivity contribution in [3.05, 3.63) is 151 Å². The molecule has 7 aromatic rings. The summed E-state index contributed by atoms with van der Waals surface area (Å²) in [7, 11) is 0. The third kappa shape index (κ3) is 5.50. The molecule has 0 saturated carbocycles. The normalized spacial score (nSPS) is 11.3. The van der Waals surface area contributed by atoms with Gasteiger partial charge in [0.1, 0.15) is 11.3 Å². The van der Waals surface area contributed by atoms with Crippen molar-refractivity contribution in [2.45, 2.75) is 19.3 Å². The molecule has 0 fully saturated rings. The van der Waals surface area contributed by atoms with E-state index < -0.39 is 0 Å². The van der Waals surface area contributed by atoms with Gasteiger partial charge in [0.2, 0.25) is 5.89 Å². The van der Waals surface area contributed by atoms with Crippen LogP contribution in [0.15, 0.2) is 138 Å². The summed E-state index contributed by atoms with van der Waals surface area (Å²) in [6.07, 6.45) is 1.96. The zero-order valence-corrected chi connectivity index (χ0v) is 26.5. The van der Waals surface area contributed by atoms with E-state index in [-0.39, 0.29) is 32.2 Å². The van der Waals surface area contributed by atoms with Gasteiger partial charge in [0.15, 0.2) is 0 Å². The Morgan fingerprint density at radius 1 is 0.659 bits per heavy atom. The van der Waals surface area contributed by atoms with Gasteiger partial charge in [-0.1, -0.05) is 116 Å². The molecule has 2 heterocycles. The van der Waals surface area contributed by atoms with E-state index in [4.69, 9.17) is 14.4 Å². The maximum Gasteiger partial charge on any atom is 0.230 e. The molecule has 0 unspecified atom stereocenters. The van der Waals surface area contributed by atoms with Gasteiger partial charge in [-0.2, -0.15) is 0 Å². The Balaban J connectivity index is 0.00000343. The number of phenolic OH excluding ortho intramolecular Hbond substituents is 1. The largest absolute Gasteiger partial charge is 0.507 e. The molecule has 0 aliphatic heterocycles. The molecule has 0 aliphatic rings. The van der Waals surface area contributed by atoms with Crippen molar-refractivity contribution in [2.24, 2.45) is 0 Å². The summed E-state index contributed by atoms with van der Waals surface area (Å²) in [5.41, 5.74) is 9.70. The fourth-order valence-corrected chi connectivity index (χ4v) is 5.52. The van der Waals surface area contributed by atoms with Crippen molar-refractivity contribution in [1.82, 2.24) is 9.97 Å². The van der Waals surface area contributed by atoms with Crippen LogP contribution in [0.4, 0.5) is 0 Å². The van der Waals surface area contributed by atoms with Crippen molar-refractivity contribution >= 4 is 11.1 Å². The van der Waals surface area contributed by atoms with Crippen molar-refractivity contribution in [1.29, 1.82) is 0 Å². The first-order valence-corrected chi connectivity index (χ1v) is 14.3. The van der Waals surface area contributed by atoms with Gasteiger partial charge in [0, 0.05) is 38.4 Å². The second-order valence-corrected chi connectivity index (χ2v) is 11.2. The van der Waals surface area contributed by atoms with Crippen LogP contribution >= 0.6 is 0 Å². The summed E-state index contributed by atoms with van der Waals surface area (Å²) in [4.78, 5) is 9.69. The number of rotatable bonds is 6. The van der Waals surface area contributed by atoms with Gasteiger partial charge >= 0.3 is 0 Å². The quantitative estimate of drug-likeness (QED) is 0.172. The van der Waals surface area contributed by atoms with Crippen LogP contribution < -0.4 is 0 Å². The van der Waals surface area contributed by atoms with Crippen LogP contribution in [0.1, 0.15) is 25.0 Å². The van der Waals surface area contributed by atoms with Crippen LogP contribution in [-0.4, -0.2) is 15.1 Å². The van der Waals surface area contributed by atoms with Crippen LogP contribution in [0.2, 0.25) is 0 Å². The molecule has 44 heavy (non-hydrogen) atoms. The van der Waals surface area contributed by atoms with Gasteiger partial charge in [0.25, 0.3) is 0 Å². The number of phenols is 1. The van der Waals surface area contributed by atoms with Crippen molar-refractivity contribution < 1.29 is 30.6 Å². The molecule has 0 saturated heterocycles. The molecule has 0 radical (unpaired) electrons. The zero-order valence-electron chi connectivity index (χ0n) is 24.3. The molecular weight excluding hydrogens is 724 g/mol. The van der Waals surface area contributed by atoms with Gasteiger partial charge in [-0.05, 0) is 40.5 Å². The van der Waals surface area contributed by atoms with Crippen LogP contribution in [-0.2, 0) is 26.5 Å². The van der Waals surface area contributed by atoms with Crippen LogP contribution in [0.5, 0.6) is 5.75 Å². The average molecular weight is 753 g/mol. The fraction of sp³-hybridized carbons (Fsp3) is 0.0769. The summed E-state index contributed by atoms with van der Waals surface area (Å²) < 4.78 is 6.19. The molecule has 0 bridgehead atoms. The van der Waals surface area contributed by atoms with Gasteiger partial charge in [-0.15, -0.1) is 29.8 Å². The number of fused-ring (bicyclic) bond motifs is 1. The third-order valence-electron chi connectivity index (χ3n) is 8.09. The Hall–Kier alpha value is -4.79. The van der Waals surface area contributed by atoms with Crippen molar-refractivity contribution in [3.8, 4) is 50.7 Å². The fourth-order valence-electron chi connectivity index (χ4n) is 5.52. The summed E-state index contributed by atoms with van der Waals surface area (Å²) in [5.74, 6) is 0.485. The second-order valence-electron chi connectivity index (χ2n) is 11.2. The number of aromatic hydroxyl groups is 1. The summed E-state index contributed by atoms with van der Waals surface area (Å²) in [5, 5.41) is 10.7. The molecule has 0 spiro atoms. The Morgan fingerprint density at radius 2 is 1.39 bits per heavy atom. The number of benzene rings is 5. The summed E-state index contributed by atoms with van der Waals surface area (Å²) in [6, 6.07) is 45.7. The first-order valence-electron chi connectivity index (χ1n) is 14.3. The molecule has 218 valence electrons. The van der Waals surface area contributed by atoms with E-state index in [9.17, 15) is 5.11 Å². The minimum Gasteiger partial charge on any atom is -0.507 e. The topological polar surface area (TPSA) is 59.2 Å². The molecule has 0 amide bonds. The van der Waals surface area contributed by atoms with E-state index in [0.29, 0.717) is 22.6 Å². The standard InChI is InChI=1S/C39H29N2O2.Pt/c1-39(2,30-15-7-4-8-16-30)31-20-21-34(40-25-31)29-14-9-13-28(23-29)32-17-10-18-36-37(32)41-38(43-36)33-24-27(19-22-35(33)42)26-11-5-3-6-12-26;/h3-22,24-25,42H,1-2H3;/q-1;. The second kappa shape index (κ2) is 12.1. The predicted octanol–water partition coefficient (Wildman–Crippen LogP) is 9.72. The van der Waals surface area contributed by atoms with E-state index >= 15 is 0 Å². The number of aromatic nitrogens is 2. The average Bonchev–Trinajstić information content (AvgIpc) is 3.50. The maximum atomic E-state index is 10.7. The number of nitrogens with zero attached hydrogens (tertiary/aromatic N) is 2. The minimum atomic E-state index is -0.159. The van der Waals surface area contributed by atoms with E-state index in [0.717, 1.165) is 39.1 Å². The molecule has 0 atom stereocenters. The Kier molecular flexibility index (Phi) is 8.03. The monoisotopic (exact) mass is 752 g/mol. The van der Waals surface area contributed by atoms with E-state index in [1.165, 1.54) is 5.56 Å². The van der Waals surface area contributed by atoms with Gasteiger partial charge in [-0.25, -0.2) is 4.98 Å². The Morgan fingerprint density at radius 3 is 2.14 bits per heavy atom. The number of para-hydroxylation sites is 1. The van der Waals surface area contributed by atoms with Gasteiger partial charge in [-0.3, -0.25) is 4.98 Å². The number of oxazole rings is 1. The van der Waals surface area contributed by atoms with E-state index in [1.807, 2.05) is 91.1 Å². The van der Waals surface area contributed by atoms with Gasteiger partial charge < -0.3 is 9.52 Å². The molecule has 4 nitrogen and oxygen atoms in total. The molecule has 2 aromatic heterocycles. The van der Waals surface area contributed by atoms with Crippen molar-refractivity contribution in [2.75, 3.05) is 0 Å². The Bertz CT molecular complexity index is 2050. The van der Waals surface area contributed by atoms with E-state index in [1.54, 1.807) is 6.07 Å².